The van der Waals surface area contributed by atoms with Gasteiger partial charge in [0.1, 0.15) is 0 Å². The molecule has 0 bridgehead atoms. The number of anilines is 1. The minimum Gasteiger partial charge on any atom is -0.371 e. The van der Waals surface area contributed by atoms with Gasteiger partial charge in [0.05, 0.1) is 0 Å². The van der Waals surface area contributed by atoms with Gasteiger partial charge in [0.15, 0.2) is 0 Å². The molecule has 0 spiro atoms. The van der Waals surface area contributed by atoms with E-state index in [1.807, 2.05) is 0 Å². The summed E-state index contributed by atoms with van der Waals surface area (Å²) in [5.41, 5.74) is 8.97. The molecule has 17 heavy (non-hydrogen) atoms. The highest BCUT2D eigenvalue weighted by atomic mass is 15.1. The van der Waals surface area contributed by atoms with Crippen LogP contribution in [0, 0.1) is 5.92 Å². The van der Waals surface area contributed by atoms with E-state index in [2.05, 4.69) is 29.2 Å². The predicted molar refractivity (Wildman–Crippen MR) is 72.3 cm³/mol. The van der Waals surface area contributed by atoms with Crippen molar-refractivity contribution in [3.63, 3.8) is 0 Å². The Balaban J connectivity index is 1.64. The first-order valence-electron chi connectivity index (χ1n) is 6.91. The molecule has 1 heterocycles. The fourth-order valence-electron chi connectivity index (χ4n) is 3.28. The fourth-order valence-corrected chi connectivity index (χ4v) is 3.28. The average Bonchev–Trinajstić information content (AvgIpc) is 2.76. The van der Waals surface area contributed by atoms with Crippen LogP contribution in [0.5, 0.6) is 0 Å². The molecule has 0 radical (unpaired) electrons. The van der Waals surface area contributed by atoms with Gasteiger partial charge in [-0.25, -0.2) is 0 Å². The highest BCUT2D eigenvalue weighted by Gasteiger charge is 2.24. The average molecular weight is 230 g/mol. The summed E-state index contributed by atoms with van der Waals surface area (Å²) in [5, 5.41) is 0. The van der Waals surface area contributed by atoms with Crippen molar-refractivity contribution in [1.29, 1.82) is 0 Å². The first kappa shape index (κ1) is 11.1. The van der Waals surface area contributed by atoms with Gasteiger partial charge in [-0.05, 0) is 49.7 Å². The van der Waals surface area contributed by atoms with E-state index < -0.39 is 0 Å². The molecule has 3 rings (SSSR count). The van der Waals surface area contributed by atoms with Crippen molar-refractivity contribution in [2.24, 2.45) is 11.7 Å². The van der Waals surface area contributed by atoms with Crippen molar-refractivity contribution in [1.82, 2.24) is 0 Å². The molecule has 1 saturated carbocycles. The second kappa shape index (κ2) is 4.69. The predicted octanol–water partition coefficient (Wildman–Crippen LogP) is 2.57. The molecule has 1 fully saturated rings. The van der Waals surface area contributed by atoms with Gasteiger partial charge in [-0.2, -0.15) is 0 Å². The third kappa shape index (κ3) is 2.32. The Morgan fingerprint density at radius 3 is 2.71 bits per heavy atom. The minimum atomic E-state index is 0.470. The van der Waals surface area contributed by atoms with Crippen molar-refractivity contribution in [3.05, 3.63) is 29.8 Å². The molecule has 92 valence electrons. The molecule has 0 atom stereocenters. The largest absolute Gasteiger partial charge is 0.371 e. The molecule has 2 N–H and O–H groups in total. The molecule has 0 saturated heterocycles. The van der Waals surface area contributed by atoms with Crippen molar-refractivity contribution in [2.45, 2.75) is 38.1 Å². The molecule has 1 aliphatic heterocycles. The standard InChI is InChI=1S/C15H22N2/c16-14-7-5-12(6-8-14)11-17-10-9-13-3-1-2-4-15(13)17/h1-4,12,14H,5-11,16H2. The van der Waals surface area contributed by atoms with Gasteiger partial charge >= 0.3 is 0 Å². The van der Waals surface area contributed by atoms with Crippen LogP contribution in [0.2, 0.25) is 0 Å². The fraction of sp³-hybridized carbons (Fsp3) is 0.600. The minimum absolute atomic E-state index is 0.470. The lowest BCUT2D eigenvalue weighted by Crippen LogP contribution is -2.33. The third-order valence-electron chi connectivity index (χ3n) is 4.35. The van der Waals surface area contributed by atoms with Crippen molar-refractivity contribution in [3.8, 4) is 0 Å². The Bertz CT molecular complexity index is 380. The second-order valence-corrected chi connectivity index (χ2v) is 5.61. The van der Waals surface area contributed by atoms with E-state index in [1.165, 1.54) is 56.4 Å². The lowest BCUT2D eigenvalue weighted by atomic mass is 9.86. The van der Waals surface area contributed by atoms with E-state index in [0.717, 1.165) is 5.92 Å². The number of benzene rings is 1. The van der Waals surface area contributed by atoms with Gasteiger partial charge in [-0.1, -0.05) is 18.2 Å². The van der Waals surface area contributed by atoms with Gasteiger partial charge in [0.2, 0.25) is 0 Å². The topological polar surface area (TPSA) is 29.3 Å². The molecular formula is C15H22N2. The monoisotopic (exact) mass is 230 g/mol. The molecular weight excluding hydrogens is 208 g/mol. The highest BCUT2D eigenvalue weighted by Crippen LogP contribution is 2.31. The summed E-state index contributed by atoms with van der Waals surface area (Å²) in [6.07, 6.45) is 6.31. The van der Waals surface area contributed by atoms with Gasteiger partial charge in [-0.15, -0.1) is 0 Å². The lowest BCUT2D eigenvalue weighted by molar-refractivity contribution is 0.328. The number of hydrogen-bond donors (Lipinski definition) is 1. The van der Waals surface area contributed by atoms with E-state index in [4.69, 9.17) is 5.73 Å². The second-order valence-electron chi connectivity index (χ2n) is 5.61. The number of hydrogen-bond acceptors (Lipinski definition) is 2. The number of rotatable bonds is 2. The van der Waals surface area contributed by atoms with Gasteiger partial charge in [0.25, 0.3) is 0 Å². The molecule has 1 aliphatic carbocycles. The van der Waals surface area contributed by atoms with Crippen LogP contribution < -0.4 is 10.6 Å². The van der Waals surface area contributed by atoms with E-state index in [1.54, 1.807) is 0 Å². The van der Waals surface area contributed by atoms with Crippen LogP contribution in [-0.2, 0) is 6.42 Å². The summed E-state index contributed by atoms with van der Waals surface area (Å²) in [4.78, 5) is 2.58. The van der Waals surface area contributed by atoms with Crippen LogP contribution in [0.1, 0.15) is 31.2 Å². The van der Waals surface area contributed by atoms with E-state index >= 15 is 0 Å². The van der Waals surface area contributed by atoms with Gasteiger partial charge < -0.3 is 10.6 Å². The quantitative estimate of drug-likeness (QED) is 0.846. The van der Waals surface area contributed by atoms with Crippen LogP contribution in [0.25, 0.3) is 0 Å². The molecule has 1 aromatic rings. The van der Waals surface area contributed by atoms with Crippen molar-refractivity contribution < 1.29 is 0 Å². The van der Waals surface area contributed by atoms with Crippen LogP contribution in [-0.4, -0.2) is 19.1 Å². The molecule has 0 aromatic heterocycles. The van der Waals surface area contributed by atoms with Crippen LogP contribution >= 0.6 is 0 Å². The van der Waals surface area contributed by atoms with Crippen LogP contribution in [0.4, 0.5) is 5.69 Å². The molecule has 2 aliphatic rings. The molecule has 2 heteroatoms. The number of nitrogens with zero attached hydrogens (tertiary/aromatic N) is 1. The Hall–Kier alpha value is -1.02. The summed E-state index contributed by atoms with van der Waals surface area (Å²) in [7, 11) is 0. The molecule has 2 nitrogen and oxygen atoms in total. The summed E-state index contributed by atoms with van der Waals surface area (Å²) in [6, 6.07) is 9.33. The van der Waals surface area contributed by atoms with Crippen molar-refractivity contribution in [2.75, 3.05) is 18.0 Å². The van der Waals surface area contributed by atoms with Gasteiger partial charge in [-0.3, -0.25) is 0 Å². The maximum Gasteiger partial charge on any atom is 0.0399 e. The Kier molecular flexibility index (Phi) is 3.06. The highest BCUT2D eigenvalue weighted by molar-refractivity contribution is 5.57. The van der Waals surface area contributed by atoms with E-state index in [-0.39, 0.29) is 0 Å². The van der Waals surface area contributed by atoms with E-state index in [9.17, 15) is 0 Å². The summed E-state index contributed by atoms with van der Waals surface area (Å²) in [6.45, 7) is 2.45. The molecule has 0 unspecified atom stereocenters. The maximum absolute atomic E-state index is 5.97. The third-order valence-corrected chi connectivity index (χ3v) is 4.35. The summed E-state index contributed by atoms with van der Waals surface area (Å²) in [5.74, 6) is 0.862. The number of nitrogens with two attached hydrogens (primary N) is 1. The first-order valence-corrected chi connectivity index (χ1v) is 6.91. The van der Waals surface area contributed by atoms with Crippen LogP contribution in [0.3, 0.4) is 0 Å². The van der Waals surface area contributed by atoms with E-state index in [0.29, 0.717) is 6.04 Å². The molecule has 1 aromatic carbocycles. The normalized spacial score (nSPS) is 28.2. The zero-order valence-electron chi connectivity index (χ0n) is 10.4. The first-order chi connectivity index (χ1) is 8.33. The number of para-hydroxylation sites is 1. The SMILES string of the molecule is NC1CCC(CN2CCc3ccccc32)CC1. The van der Waals surface area contributed by atoms with Gasteiger partial charge in [0, 0.05) is 24.8 Å². The zero-order valence-corrected chi connectivity index (χ0v) is 10.4. The Morgan fingerprint density at radius 2 is 1.88 bits per heavy atom. The smallest absolute Gasteiger partial charge is 0.0399 e. The number of fused-ring (bicyclic) bond motifs is 1. The summed E-state index contributed by atoms with van der Waals surface area (Å²) >= 11 is 0. The Morgan fingerprint density at radius 1 is 1.12 bits per heavy atom. The molecule has 0 amide bonds. The summed E-state index contributed by atoms with van der Waals surface area (Å²) < 4.78 is 0. The van der Waals surface area contributed by atoms with Crippen molar-refractivity contribution >= 4 is 5.69 Å². The zero-order chi connectivity index (χ0) is 11.7. The van der Waals surface area contributed by atoms with Crippen LogP contribution in [0.15, 0.2) is 24.3 Å². The maximum atomic E-state index is 5.97. The Labute approximate surface area is 104 Å². The lowest BCUT2D eigenvalue weighted by Gasteiger charge is -2.30.